The number of carbonyl (C=O) groups is 2. The Morgan fingerprint density at radius 3 is 2.00 bits per heavy atom. The fourth-order valence-corrected chi connectivity index (χ4v) is 3.77. The number of amides is 2. The summed E-state index contributed by atoms with van der Waals surface area (Å²) in [6, 6.07) is 6.41. The Kier molecular flexibility index (Phi) is 4.84. The number of imide groups is 1. The number of hydrogen-bond acceptors (Lipinski definition) is 5. The van der Waals surface area contributed by atoms with Crippen LogP contribution in [-0.2, 0) is 13.9 Å². The summed E-state index contributed by atoms with van der Waals surface area (Å²) in [7, 11) is 1.60. The first-order valence-corrected chi connectivity index (χ1v) is 9.51. The van der Waals surface area contributed by atoms with E-state index in [1.807, 2.05) is 20.8 Å². The van der Waals surface area contributed by atoms with Gasteiger partial charge in [0.15, 0.2) is 0 Å². The first-order valence-electron chi connectivity index (χ1n) is 7.04. The van der Waals surface area contributed by atoms with Crippen molar-refractivity contribution in [3.8, 4) is 0 Å². The molecule has 0 aliphatic carbocycles. The number of fused-ring (bicyclic) bond motifs is 1. The van der Waals surface area contributed by atoms with E-state index in [0.29, 0.717) is 5.06 Å². The van der Waals surface area contributed by atoms with Gasteiger partial charge in [-0.1, -0.05) is 32.9 Å². The van der Waals surface area contributed by atoms with Crippen molar-refractivity contribution < 1.29 is 22.8 Å². The van der Waals surface area contributed by atoms with Crippen molar-refractivity contribution in [3.05, 3.63) is 35.4 Å². The minimum absolute atomic E-state index is 0.110. The Balaban J connectivity index is 2.14. The Morgan fingerprint density at radius 2 is 1.61 bits per heavy atom. The topological polar surface area (TPSA) is 80.8 Å². The number of carbonyl (C=O) groups excluding carboxylic acids is 2. The predicted octanol–water partition coefficient (Wildman–Crippen LogP) is 2.45. The van der Waals surface area contributed by atoms with Gasteiger partial charge in [-0.15, -0.1) is 5.06 Å². The Morgan fingerprint density at radius 1 is 1.13 bits per heavy atom. The highest BCUT2D eigenvalue weighted by Gasteiger charge is 2.38. The van der Waals surface area contributed by atoms with Crippen LogP contribution >= 0.6 is 10.7 Å². The highest BCUT2D eigenvalue weighted by Crippen LogP contribution is 2.30. The average molecular weight is 360 g/mol. The van der Waals surface area contributed by atoms with Crippen LogP contribution in [0.5, 0.6) is 0 Å². The summed E-state index contributed by atoms with van der Waals surface area (Å²) in [5.74, 6) is -1.88. The molecule has 126 valence electrons. The lowest BCUT2D eigenvalue weighted by atomic mass is 9.82. The molecule has 6 nitrogen and oxygen atoms in total. The van der Waals surface area contributed by atoms with E-state index in [1.54, 1.807) is 24.3 Å². The van der Waals surface area contributed by atoms with Gasteiger partial charge in [0.05, 0.1) is 23.5 Å². The van der Waals surface area contributed by atoms with E-state index in [0.717, 1.165) is 0 Å². The molecule has 1 unspecified atom stereocenters. The van der Waals surface area contributed by atoms with Crippen LogP contribution in [0.2, 0.25) is 0 Å². The highest BCUT2D eigenvalue weighted by molar-refractivity contribution is 8.13. The predicted molar refractivity (Wildman–Crippen MR) is 85.5 cm³/mol. The third kappa shape index (κ3) is 4.10. The molecule has 1 heterocycles. The molecule has 0 aromatic heterocycles. The van der Waals surface area contributed by atoms with Gasteiger partial charge in [-0.2, -0.15) is 0 Å². The Bertz CT molecular complexity index is 703. The molecule has 2 rings (SSSR count). The van der Waals surface area contributed by atoms with E-state index < -0.39 is 32.2 Å². The van der Waals surface area contributed by atoms with Crippen LogP contribution in [0, 0.1) is 11.3 Å². The van der Waals surface area contributed by atoms with E-state index in [2.05, 4.69) is 0 Å². The van der Waals surface area contributed by atoms with E-state index in [-0.39, 0.29) is 23.5 Å². The van der Waals surface area contributed by atoms with Crippen molar-refractivity contribution in [2.24, 2.45) is 11.3 Å². The van der Waals surface area contributed by atoms with Gasteiger partial charge in [0.25, 0.3) is 11.8 Å². The van der Waals surface area contributed by atoms with Crippen molar-refractivity contribution in [1.82, 2.24) is 5.06 Å². The monoisotopic (exact) mass is 359 g/mol. The van der Waals surface area contributed by atoms with Gasteiger partial charge in [0, 0.05) is 16.6 Å². The minimum atomic E-state index is -3.73. The molecule has 0 fully saturated rings. The second-order valence-corrected chi connectivity index (χ2v) is 9.34. The second-order valence-electron chi connectivity index (χ2n) is 6.51. The molecule has 0 bridgehead atoms. The maximum Gasteiger partial charge on any atom is 0.285 e. The van der Waals surface area contributed by atoms with Gasteiger partial charge in [0.1, 0.15) is 0 Å². The molecule has 0 saturated carbocycles. The van der Waals surface area contributed by atoms with Gasteiger partial charge in [-0.25, -0.2) is 8.42 Å². The lowest BCUT2D eigenvalue weighted by Gasteiger charge is -2.30. The maximum absolute atomic E-state index is 12.2. The molecule has 1 aromatic carbocycles. The van der Waals surface area contributed by atoms with Gasteiger partial charge in [-0.3, -0.25) is 14.4 Å². The zero-order valence-corrected chi connectivity index (χ0v) is 14.6. The van der Waals surface area contributed by atoms with Crippen molar-refractivity contribution in [2.75, 3.05) is 12.4 Å². The number of hydrogen-bond donors (Lipinski definition) is 0. The quantitative estimate of drug-likeness (QED) is 0.595. The summed E-state index contributed by atoms with van der Waals surface area (Å²) in [6.07, 6.45) is 0. The molecule has 23 heavy (non-hydrogen) atoms. The zero-order valence-electron chi connectivity index (χ0n) is 13.1. The summed E-state index contributed by atoms with van der Waals surface area (Å²) in [5, 5.41) is 0.685. The fourth-order valence-electron chi connectivity index (χ4n) is 2.24. The summed E-state index contributed by atoms with van der Waals surface area (Å²) in [6.45, 7) is 5.41. The van der Waals surface area contributed by atoms with Crippen LogP contribution in [0.4, 0.5) is 0 Å². The normalized spacial score (nSPS) is 16.6. The maximum atomic E-state index is 12.2. The average Bonchev–Trinajstić information content (AvgIpc) is 2.66. The van der Waals surface area contributed by atoms with Gasteiger partial charge >= 0.3 is 0 Å². The number of benzene rings is 1. The zero-order chi connectivity index (χ0) is 17.4. The van der Waals surface area contributed by atoms with E-state index >= 15 is 0 Å². The number of halogens is 1. The van der Waals surface area contributed by atoms with Gasteiger partial charge < -0.3 is 0 Å². The van der Waals surface area contributed by atoms with Crippen LogP contribution in [0.3, 0.4) is 0 Å². The van der Waals surface area contributed by atoms with E-state index in [1.165, 1.54) is 0 Å². The molecule has 8 heteroatoms. The molecule has 0 radical (unpaired) electrons. The van der Waals surface area contributed by atoms with Gasteiger partial charge in [-0.05, 0) is 17.5 Å². The van der Waals surface area contributed by atoms with Crippen molar-refractivity contribution >= 4 is 31.5 Å². The number of hydroxylamine groups is 2. The van der Waals surface area contributed by atoms with E-state index in [9.17, 15) is 18.0 Å². The Hall–Kier alpha value is -1.44. The molecule has 0 spiro atoms. The van der Waals surface area contributed by atoms with Crippen LogP contribution in [0.25, 0.3) is 0 Å². The minimum Gasteiger partial charge on any atom is -0.266 e. The first-order chi connectivity index (χ1) is 10.5. The molecular weight excluding hydrogens is 342 g/mol. The third-order valence-electron chi connectivity index (χ3n) is 3.79. The molecule has 1 atom stereocenters. The third-order valence-corrected chi connectivity index (χ3v) is 4.97. The standard InChI is InChI=1S/C15H18ClNO5S/c1-15(2,3)10(9-23(16,20)21)8-22-17-13(18)11-6-4-5-7-12(11)14(17)19/h4-7,10H,8-9H2,1-3H3. The largest absolute Gasteiger partial charge is 0.285 e. The van der Waals surface area contributed by atoms with Crippen molar-refractivity contribution in [3.63, 3.8) is 0 Å². The molecular formula is C15H18ClNO5S. The molecule has 0 N–H and O–H groups in total. The molecule has 0 saturated heterocycles. The second kappa shape index (κ2) is 6.22. The fraction of sp³-hybridized carbons (Fsp3) is 0.467. The highest BCUT2D eigenvalue weighted by atomic mass is 35.7. The van der Waals surface area contributed by atoms with E-state index in [4.69, 9.17) is 15.5 Å². The van der Waals surface area contributed by atoms with Crippen LogP contribution in [0.15, 0.2) is 24.3 Å². The van der Waals surface area contributed by atoms with Crippen LogP contribution < -0.4 is 0 Å². The van der Waals surface area contributed by atoms with Gasteiger partial charge in [0.2, 0.25) is 9.05 Å². The molecule has 2 amide bonds. The Labute approximate surface area is 139 Å². The molecule has 1 aliphatic heterocycles. The number of nitrogens with zero attached hydrogens (tertiary/aromatic N) is 1. The van der Waals surface area contributed by atoms with Crippen molar-refractivity contribution in [1.29, 1.82) is 0 Å². The SMILES string of the molecule is CC(C)(C)C(CON1C(=O)c2ccccc2C1=O)CS(=O)(=O)Cl. The summed E-state index contributed by atoms with van der Waals surface area (Å²) in [4.78, 5) is 29.7. The number of rotatable bonds is 5. The molecule has 1 aliphatic rings. The lowest BCUT2D eigenvalue weighted by Crippen LogP contribution is -2.37. The summed E-state index contributed by atoms with van der Waals surface area (Å²) >= 11 is 0. The summed E-state index contributed by atoms with van der Waals surface area (Å²) < 4.78 is 22.7. The van der Waals surface area contributed by atoms with Crippen LogP contribution in [0.1, 0.15) is 41.5 Å². The van der Waals surface area contributed by atoms with Crippen molar-refractivity contribution in [2.45, 2.75) is 20.8 Å². The molecule has 1 aromatic rings. The van der Waals surface area contributed by atoms with Crippen LogP contribution in [-0.4, -0.2) is 37.7 Å². The first kappa shape index (κ1) is 17.9. The smallest absolute Gasteiger partial charge is 0.266 e. The summed E-state index contributed by atoms with van der Waals surface area (Å²) in [5.41, 5.74) is 0.116. The lowest BCUT2D eigenvalue weighted by molar-refractivity contribution is -0.110.